The average Bonchev–Trinajstić information content (AvgIpc) is 2.98. The van der Waals surface area contributed by atoms with E-state index in [9.17, 15) is 14.3 Å². The van der Waals surface area contributed by atoms with Crippen LogP contribution in [0.25, 0.3) is 0 Å². The van der Waals surface area contributed by atoms with Crippen LogP contribution in [0.1, 0.15) is 22.8 Å². The van der Waals surface area contributed by atoms with Gasteiger partial charge in [-0.2, -0.15) is 0 Å². The molecule has 1 heterocycles. The first-order chi connectivity index (χ1) is 13.0. The van der Waals surface area contributed by atoms with Gasteiger partial charge in [0.25, 0.3) is 5.91 Å². The second-order valence-corrected chi connectivity index (χ2v) is 6.94. The number of halogens is 1. The van der Waals surface area contributed by atoms with Crippen LogP contribution >= 0.6 is 12.2 Å². The lowest BCUT2D eigenvalue weighted by Gasteiger charge is -2.36. The summed E-state index contributed by atoms with van der Waals surface area (Å²) in [6.45, 7) is 1.70. The Kier molecular flexibility index (Phi) is 5.84. The van der Waals surface area contributed by atoms with Crippen LogP contribution < -0.4 is 10.6 Å². The van der Waals surface area contributed by atoms with Crippen molar-refractivity contribution in [2.45, 2.75) is 18.6 Å². The highest BCUT2D eigenvalue weighted by Gasteiger charge is 2.50. The van der Waals surface area contributed by atoms with Crippen molar-refractivity contribution >= 4 is 23.2 Å². The Hall–Kier alpha value is -2.35. The standard InChI is InChI=1S/C20H21FN2O3S/c1-13-16(11-24)20(12-26-13,15-9-5-6-10-17(15)21)23-19(27)22-18(25)14-7-3-2-4-8-14/h2-10,13,16,24H,11-12H2,1H3,(H2,22,23,25,27). The number of carbonyl (C=O) groups is 1. The van der Waals surface area contributed by atoms with Crippen molar-refractivity contribution in [3.63, 3.8) is 0 Å². The first kappa shape index (κ1) is 19.4. The van der Waals surface area contributed by atoms with Gasteiger partial charge in [0.2, 0.25) is 0 Å². The van der Waals surface area contributed by atoms with E-state index in [2.05, 4.69) is 10.6 Å². The Bertz CT molecular complexity index is 833. The lowest BCUT2D eigenvalue weighted by Crippen LogP contribution is -2.56. The summed E-state index contributed by atoms with van der Waals surface area (Å²) in [5, 5.41) is 15.6. The third-order valence-electron chi connectivity index (χ3n) is 4.92. The van der Waals surface area contributed by atoms with E-state index in [-0.39, 0.29) is 30.3 Å². The van der Waals surface area contributed by atoms with Crippen LogP contribution in [0.5, 0.6) is 0 Å². The molecule has 1 aliphatic rings. The molecule has 1 amide bonds. The number of nitrogens with one attached hydrogen (secondary N) is 2. The monoisotopic (exact) mass is 388 g/mol. The molecule has 3 unspecified atom stereocenters. The molecule has 142 valence electrons. The summed E-state index contributed by atoms with van der Waals surface area (Å²) in [7, 11) is 0. The Morgan fingerprint density at radius 3 is 2.59 bits per heavy atom. The summed E-state index contributed by atoms with van der Waals surface area (Å²) < 4.78 is 20.3. The van der Waals surface area contributed by atoms with E-state index < -0.39 is 17.3 Å². The molecule has 1 fully saturated rings. The molecule has 27 heavy (non-hydrogen) atoms. The summed E-state index contributed by atoms with van der Waals surface area (Å²) in [5.41, 5.74) is -0.290. The largest absolute Gasteiger partial charge is 0.396 e. The third-order valence-corrected chi connectivity index (χ3v) is 5.13. The molecule has 7 heteroatoms. The normalized spacial score (nSPS) is 24.4. The minimum absolute atomic E-state index is 0.0447. The molecular weight excluding hydrogens is 367 g/mol. The number of benzene rings is 2. The van der Waals surface area contributed by atoms with E-state index in [0.717, 1.165) is 0 Å². The van der Waals surface area contributed by atoms with Crippen molar-refractivity contribution < 1.29 is 19.0 Å². The van der Waals surface area contributed by atoms with Crippen molar-refractivity contribution in [2.75, 3.05) is 13.2 Å². The van der Waals surface area contributed by atoms with Gasteiger partial charge in [0.1, 0.15) is 5.82 Å². The van der Waals surface area contributed by atoms with Crippen LogP contribution in [-0.2, 0) is 10.3 Å². The van der Waals surface area contributed by atoms with Crippen LogP contribution in [0, 0.1) is 11.7 Å². The first-order valence-corrected chi connectivity index (χ1v) is 9.05. The van der Waals surface area contributed by atoms with Crippen LogP contribution in [0.4, 0.5) is 4.39 Å². The molecule has 3 atom stereocenters. The van der Waals surface area contributed by atoms with Gasteiger partial charge in [-0.1, -0.05) is 36.4 Å². The molecule has 2 aromatic carbocycles. The van der Waals surface area contributed by atoms with Gasteiger partial charge >= 0.3 is 0 Å². The summed E-state index contributed by atoms with van der Waals surface area (Å²) in [4.78, 5) is 12.4. The highest BCUT2D eigenvalue weighted by atomic mass is 32.1. The molecule has 0 bridgehead atoms. The zero-order valence-corrected chi connectivity index (χ0v) is 15.6. The SMILES string of the molecule is CC1OCC(NC(=S)NC(=O)c2ccccc2)(c2ccccc2F)C1CO. The molecule has 1 saturated heterocycles. The second-order valence-electron chi connectivity index (χ2n) is 6.53. The van der Waals surface area contributed by atoms with Gasteiger partial charge in [-0.15, -0.1) is 0 Å². The maximum Gasteiger partial charge on any atom is 0.257 e. The van der Waals surface area contributed by atoms with Crippen molar-refractivity contribution in [1.82, 2.24) is 10.6 Å². The molecule has 2 aromatic rings. The van der Waals surface area contributed by atoms with E-state index in [4.69, 9.17) is 17.0 Å². The fourth-order valence-electron chi connectivity index (χ4n) is 3.49. The Morgan fingerprint density at radius 2 is 1.93 bits per heavy atom. The fraction of sp³-hybridized carbons (Fsp3) is 0.300. The van der Waals surface area contributed by atoms with Crippen molar-refractivity contribution in [3.8, 4) is 0 Å². The molecule has 5 nitrogen and oxygen atoms in total. The minimum atomic E-state index is -1.08. The summed E-state index contributed by atoms with van der Waals surface area (Å²) in [5.74, 6) is -1.25. The quantitative estimate of drug-likeness (QED) is 0.702. The van der Waals surface area contributed by atoms with Crippen molar-refractivity contribution in [2.24, 2.45) is 5.92 Å². The molecular formula is C20H21FN2O3S. The number of aliphatic hydroxyl groups excluding tert-OH is 1. The molecule has 0 spiro atoms. The number of thiocarbonyl (C=S) groups is 1. The zero-order valence-electron chi connectivity index (χ0n) is 14.8. The van der Waals surface area contributed by atoms with Crippen LogP contribution in [0.15, 0.2) is 54.6 Å². The van der Waals surface area contributed by atoms with Gasteiger partial charge in [0.05, 0.1) is 24.9 Å². The highest BCUT2D eigenvalue weighted by molar-refractivity contribution is 7.80. The number of amides is 1. The molecule has 3 rings (SSSR count). The van der Waals surface area contributed by atoms with Crippen molar-refractivity contribution in [1.29, 1.82) is 0 Å². The number of aliphatic hydroxyl groups is 1. The van der Waals surface area contributed by atoms with E-state index in [1.54, 1.807) is 42.5 Å². The summed E-state index contributed by atoms with van der Waals surface area (Å²) in [6.07, 6.45) is -0.310. The average molecular weight is 388 g/mol. The molecule has 3 N–H and O–H groups in total. The smallest absolute Gasteiger partial charge is 0.257 e. The third kappa shape index (κ3) is 3.85. The van der Waals surface area contributed by atoms with Gasteiger partial charge < -0.3 is 15.2 Å². The first-order valence-electron chi connectivity index (χ1n) is 8.64. The van der Waals surface area contributed by atoms with Crippen molar-refractivity contribution in [3.05, 3.63) is 71.5 Å². The summed E-state index contributed by atoms with van der Waals surface area (Å²) >= 11 is 5.32. The second kappa shape index (κ2) is 8.12. The lowest BCUT2D eigenvalue weighted by molar-refractivity contribution is 0.0860. The highest BCUT2D eigenvalue weighted by Crippen LogP contribution is 2.40. The van der Waals surface area contributed by atoms with E-state index in [0.29, 0.717) is 11.1 Å². The maximum absolute atomic E-state index is 14.6. The van der Waals surface area contributed by atoms with E-state index in [1.165, 1.54) is 6.07 Å². The predicted molar refractivity (Wildman–Crippen MR) is 104 cm³/mol. The molecule has 0 aromatic heterocycles. The topological polar surface area (TPSA) is 70.6 Å². The van der Waals surface area contributed by atoms with Gasteiger partial charge in [0, 0.05) is 17.0 Å². The van der Waals surface area contributed by atoms with Gasteiger partial charge in [0.15, 0.2) is 5.11 Å². The number of rotatable bonds is 4. The van der Waals surface area contributed by atoms with Crippen LogP contribution in [0.3, 0.4) is 0 Å². The maximum atomic E-state index is 14.6. The molecule has 0 aliphatic carbocycles. The van der Waals surface area contributed by atoms with Gasteiger partial charge in [-0.05, 0) is 37.3 Å². The number of hydrogen-bond donors (Lipinski definition) is 3. The van der Waals surface area contributed by atoms with Gasteiger partial charge in [-0.25, -0.2) is 4.39 Å². The zero-order chi connectivity index (χ0) is 19.4. The molecule has 1 aliphatic heterocycles. The Labute approximate surface area is 162 Å². The predicted octanol–water partition coefficient (Wildman–Crippen LogP) is 2.35. The minimum Gasteiger partial charge on any atom is -0.396 e. The van der Waals surface area contributed by atoms with E-state index in [1.807, 2.05) is 13.0 Å². The lowest BCUT2D eigenvalue weighted by atomic mass is 9.78. The van der Waals surface area contributed by atoms with E-state index >= 15 is 0 Å². The summed E-state index contributed by atoms with van der Waals surface area (Å²) in [6, 6.07) is 14.9. The molecule has 0 radical (unpaired) electrons. The fourth-order valence-corrected chi connectivity index (χ4v) is 3.76. The number of ether oxygens (including phenoxy) is 1. The van der Waals surface area contributed by atoms with Crippen LogP contribution in [-0.4, -0.2) is 35.4 Å². The van der Waals surface area contributed by atoms with Gasteiger partial charge in [-0.3, -0.25) is 10.1 Å². The Morgan fingerprint density at radius 1 is 1.26 bits per heavy atom. The van der Waals surface area contributed by atoms with Crippen LogP contribution in [0.2, 0.25) is 0 Å². The number of hydrogen-bond acceptors (Lipinski definition) is 4. The number of carbonyl (C=O) groups excluding carboxylic acids is 1. The Balaban J connectivity index is 1.88. The molecule has 0 saturated carbocycles.